The second-order valence-electron chi connectivity index (χ2n) is 5.92. The molecular formula is C15H24. The van der Waals surface area contributed by atoms with Crippen molar-refractivity contribution < 1.29 is 0 Å². The summed E-state index contributed by atoms with van der Waals surface area (Å²) in [5, 5.41) is 0. The maximum atomic E-state index is 4.14. The van der Waals surface area contributed by atoms with Gasteiger partial charge in [0.1, 0.15) is 0 Å². The fourth-order valence-electron chi connectivity index (χ4n) is 3.44. The van der Waals surface area contributed by atoms with Crippen LogP contribution in [-0.4, -0.2) is 0 Å². The van der Waals surface area contributed by atoms with E-state index in [2.05, 4.69) is 33.4 Å². The molecule has 84 valence electrons. The topological polar surface area (TPSA) is 0 Å². The average molecular weight is 204 g/mol. The molecule has 0 aromatic carbocycles. The highest BCUT2D eigenvalue weighted by Crippen LogP contribution is 2.52. The van der Waals surface area contributed by atoms with E-state index >= 15 is 0 Å². The van der Waals surface area contributed by atoms with Crippen molar-refractivity contribution in [2.45, 2.75) is 52.9 Å². The Hall–Kier alpha value is -0.520. The summed E-state index contributed by atoms with van der Waals surface area (Å²) in [5.41, 5.74) is 3.61. The van der Waals surface area contributed by atoms with Crippen LogP contribution in [0.5, 0.6) is 0 Å². The Morgan fingerprint density at radius 2 is 2.27 bits per heavy atom. The van der Waals surface area contributed by atoms with Gasteiger partial charge in [-0.25, -0.2) is 0 Å². The molecule has 0 nitrogen and oxygen atoms in total. The van der Waals surface area contributed by atoms with Crippen LogP contribution in [0.15, 0.2) is 23.8 Å². The standard InChI is InChI=1S/C15H24/c1-11(2)13-8-9-14-7-5-6-12(3)15(14,4)10-13/h9,12-13H,1,5-8,10H2,2-4H3/t12-,13+,15+/m1/s1. The summed E-state index contributed by atoms with van der Waals surface area (Å²) >= 11 is 0. The van der Waals surface area contributed by atoms with Gasteiger partial charge in [-0.1, -0.05) is 37.6 Å². The smallest absolute Gasteiger partial charge is 0.00850 e. The summed E-state index contributed by atoms with van der Waals surface area (Å²) in [7, 11) is 0. The first-order chi connectivity index (χ1) is 7.04. The molecule has 2 aliphatic carbocycles. The normalized spacial score (nSPS) is 40.6. The average Bonchev–Trinajstić information content (AvgIpc) is 2.19. The van der Waals surface area contributed by atoms with Gasteiger partial charge in [0.05, 0.1) is 0 Å². The first-order valence-electron chi connectivity index (χ1n) is 6.39. The summed E-state index contributed by atoms with van der Waals surface area (Å²) in [6.45, 7) is 11.3. The molecule has 2 aliphatic rings. The van der Waals surface area contributed by atoms with Crippen molar-refractivity contribution in [3.63, 3.8) is 0 Å². The van der Waals surface area contributed by atoms with Crippen molar-refractivity contribution in [3.8, 4) is 0 Å². The highest BCUT2D eigenvalue weighted by molar-refractivity contribution is 5.23. The largest absolute Gasteiger partial charge is 0.0998 e. The Kier molecular flexibility index (Phi) is 2.79. The molecule has 0 heterocycles. The van der Waals surface area contributed by atoms with E-state index in [4.69, 9.17) is 0 Å². The minimum Gasteiger partial charge on any atom is -0.0998 e. The van der Waals surface area contributed by atoms with E-state index in [1.807, 2.05) is 0 Å². The highest BCUT2D eigenvalue weighted by atomic mass is 14.5. The van der Waals surface area contributed by atoms with Crippen LogP contribution in [0.4, 0.5) is 0 Å². The second-order valence-corrected chi connectivity index (χ2v) is 5.92. The predicted molar refractivity (Wildman–Crippen MR) is 66.7 cm³/mol. The minimum absolute atomic E-state index is 0.486. The summed E-state index contributed by atoms with van der Waals surface area (Å²) in [6, 6.07) is 0. The molecule has 0 aliphatic heterocycles. The van der Waals surface area contributed by atoms with Gasteiger partial charge in [0, 0.05) is 0 Å². The molecule has 0 aromatic rings. The van der Waals surface area contributed by atoms with Crippen molar-refractivity contribution in [2.75, 3.05) is 0 Å². The second kappa shape index (κ2) is 3.81. The summed E-state index contributed by atoms with van der Waals surface area (Å²) < 4.78 is 0. The molecule has 0 radical (unpaired) electrons. The molecule has 0 heteroatoms. The van der Waals surface area contributed by atoms with Crippen molar-refractivity contribution >= 4 is 0 Å². The molecule has 0 aromatic heterocycles. The number of hydrogen-bond acceptors (Lipinski definition) is 0. The lowest BCUT2D eigenvalue weighted by Gasteiger charge is -2.47. The lowest BCUT2D eigenvalue weighted by molar-refractivity contribution is 0.152. The van der Waals surface area contributed by atoms with E-state index < -0.39 is 0 Å². The van der Waals surface area contributed by atoms with Crippen LogP contribution >= 0.6 is 0 Å². The summed E-state index contributed by atoms with van der Waals surface area (Å²) in [5.74, 6) is 1.60. The van der Waals surface area contributed by atoms with Crippen LogP contribution in [0.3, 0.4) is 0 Å². The van der Waals surface area contributed by atoms with E-state index in [9.17, 15) is 0 Å². The molecule has 0 spiro atoms. The molecule has 0 saturated heterocycles. The molecule has 3 atom stereocenters. The van der Waals surface area contributed by atoms with Gasteiger partial charge in [-0.2, -0.15) is 0 Å². The van der Waals surface area contributed by atoms with E-state index in [1.54, 1.807) is 5.57 Å². The number of fused-ring (bicyclic) bond motifs is 1. The Labute approximate surface area is 94.5 Å². The number of rotatable bonds is 1. The fourth-order valence-corrected chi connectivity index (χ4v) is 3.44. The van der Waals surface area contributed by atoms with Crippen LogP contribution in [0.2, 0.25) is 0 Å². The third-order valence-corrected chi connectivity index (χ3v) is 4.92. The van der Waals surface area contributed by atoms with Crippen LogP contribution in [-0.2, 0) is 0 Å². The van der Waals surface area contributed by atoms with Crippen molar-refractivity contribution in [1.29, 1.82) is 0 Å². The molecule has 2 rings (SSSR count). The van der Waals surface area contributed by atoms with Crippen molar-refractivity contribution in [2.24, 2.45) is 17.3 Å². The van der Waals surface area contributed by atoms with Gasteiger partial charge in [0.15, 0.2) is 0 Å². The molecule has 0 amide bonds. The minimum atomic E-state index is 0.486. The van der Waals surface area contributed by atoms with Crippen LogP contribution in [0, 0.1) is 17.3 Å². The predicted octanol–water partition coefficient (Wildman–Crippen LogP) is 4.73. The third-order valence-electron chi connectivity index (χ3n) is 4.92. The van der Waals surface area contributed by atoms with Gasteiger partial charge in [-0.15, -0.1) is 0 Å². The SMILES string of the molecule is C=C(C)[C@H]1CC=C2CCC[C@@H](C)[C@]2(C)C1. The summed E-state index contributed by atoms with van der Waals surface area (Å²) in [4.78, 5) is 0. The molecule has 0 N–H and O–H groups in total. The highest BCUT2D eigenvalue weighted by Gasteiger charge is 2.41. The molecule has 15 heavy (non-hydrogen) atoms. The van der Waals surface area contributed by atoms with Crippen molar-refractivity contribution in [1.82, 2.24) is 0 Å². The monoisotopic (exact) mass is 204 g/mol. The fraction of sp³-hybridized carbons (Fsp3) is 0.733. The Balaban J connectivity index is 2.26. The van der Waals surface area contributed by atoms with E-state index in [1.165, 1.54) is 37.7 Å². The van der Waals surface area contributed by atoms with Gasteiger partial charge < -0.3 is 0 Å². The van der Waals surface area contributed by atoms with Crippen LogP contribution in [0.25, 0.3) is 0 Å². The quantitative estimate of drug-likeness (QED) is 0.542. The first kappa shape index (κ1) is 11.0. The van der Waals surface area contributed by atoms with Gasteiger partial charge in [-0.3, -0.25) is 0 Å². The maximum Gasteiger partial charge on any atom is -0.00850 e. The first-order valence-corrected chi connectivity index (χ1v) is 6.39. The molecule has 0 unspecified atom stereocenters. The Morgan fingerprint density at radius 3 is 2.93 bits per heavy atom. The molecule has 1 fully saturated rings. The van der Waals surface area contributed by atoms with Crippen LogP contribution < -0.4 is 0 Å². The lowest BCUT2D eigenvalue weighted by atomic mass is 9.58. The van der Waals surface area contributed by atoms with Gasteiger partial charge in [-0.05, 0) is 56.3 Å². The number of hydrogen-bond donors (Lipinski definition) is 0. The zero-order valence-corrected chi connectivity index (χ0v) is 10.5. The van der Waals surface area contributed by atoms with Gasteiger partial charge >= 0.3 is 0 Å². The van der Waals surface area contributed by atoms with Gasteiger partial charge in [0.25, 0.3) is 0 Å². The molecule has 0 bridgehead atoms. The van der Waals surface area contributed by atoms with Crippen LogP contribution in [0.1, 0.15) is 52.9 Å². The van der Waals surface area contributed by atoms with E-state index in [0.29, 0.717) is 5.41 Å². The Bertz CT molecular complexity index is 297. The third kappa shape index (κ3) is 1.79. The van der Waals surface area contributed by atoms with E-state index in [0.717, 1.165) is 11.8 Å². The van der Waals surface area contributed by atoms with Gasteiger partial charge in [0.2, 0.25) is 0 Å². The molecular weight excluding hydrogens is 180 g/mol. The molecule has 1 saturated carbocycles. The van der Waals surface area contributed by atoms with E-state index in [-0.39, 0.29) is 0 Å². The van der Waals surface area contributed by atoms with Crippen molar-refractivity contribution in [3.05, 3.63) is 23.8 Å². The zero-order chi connectivity index (χ0) is 11.1. The summed E-state index contributed by atoms with van der Waals surface area (Å²) in [6.07, 6.45) is 9.28. The lowest BCUT2D eigenvalue weighted by Crippen LogP contribution is -2.36. The Morgan fingerprint density at radius 1 is 1.53 bits per heavy atom. The zero-order valence-electron chi connectivity index (χ0n) is 10.5. The number of allylic oxidation sites excluding steroid dienone is 3. The maximum absolute atomic E-state index is 4.14.